The van der Waals surface area contributed by atoms with Gasteiger partial charge in [0, 0.05) is 5.19 Å². The summed E-state index contributed by atoms with van der Waals surface area (Å²) in [6.07, 6.45) is 0. The minimum atomic E-state index is -2.95. The highest BCUT2D eigenvalue weighted by molar-refractivity contribution is 6.90. The van der Waals surface area contributed by atoms with E-state index in [4.69, 9.17) is 12.3 Å². The van der Waals surface area contributed by atoms with E-state index in [1.807, 2.05) is 47.4 Å². The summed E-state index contributed by atoms with van der Waals surface area (Å²) in [5.74, 6) is 0. The van der Waals surface area contributed by atoms with E-state index >= 15 is 0 Å². The molecule has 0 aliphatic rings. The van der Waals surface area contributed by atoms with Crippen LogP contribution in [0.5, 0.6) is 0 Å². The Hall–Kier alpha value is -0.812. The molecule has 0 aliphatic carbocycles. The molecule has 0 bridgehead atoms. The zero-order chi connectivity index (χ0) is 16.6. The van der Waals surface area contributed by atoms with Crippen LogP contribution in [0.15, 0.2) is 67.2 Å². The summed E-state index contributed by atoms with van der Waals surface area (Å²) in [5, 5.41) is 1.01. The Morgan fingerprint density at radius 1 is 0.773 bits per heavy atom. The Kier molecular flexibility index (Phi) is 8.18. The lowest BCUT2D eigenvalue weighted by molar-refractivity contribution is 0.293. The van der Waals surface area contributed by atoms with Gasteiger partial charge in [-0.15, -0.1) is 19.7 Å². The molecule has 3 unspecified atom stereocenters. The topological polar surface area (TPSA) is 27.7 Å². The van der Waals surface area contributed by atoms with Gasteiger partial charge in [-0.1, -0.05) is 47.4 Å². The van der Waals surface area contributed by atoms with Gasteiger partial charge in [0.1, 0.15) is 0 Å². The maximum atomic E-state index is 6.41. The van der Waals surface area contributed by atoms with Crippen LogP contribution in [0.2, 0.25) is 19.6 Å². The molecule has 7 heteroatoms. The molecule has 1 aromatic carbocycles. The summed E-state index contributed by atoms with van der Waals surface area (Å²) in [6.45, 7) is 17.9. The molecule has 0 amide bonds. The van der Waals surface area contributed by atoms with Crippen molar-refractivity contribution in [3.63, 3.8) is 0 Å². The molecule has 1 aromatic rings. The van der Waals surface area contributed by atoms with Crippen LogP contribution in [-0.4, -0.2) is 35.9 Å². The highest BCUT2D eigenvalue weighted by Gasteiger charge is 2.46. The van der Waals surface area contributed by atoms with Crippen molar-refractivity contribution >= 4 is 41.1 Å². The van der Waals surface area contributed by atoms with Crippen LogP contribution in [0.25, 0.3) is 0 Å². The predicted octanol–water partition coefficient (Wildman–Crippen LogP) is 2.12. The van der Waals surface area contributed by atoms with Crippen LogP contribution in [0, 0.1) is 0 Å². The Morgan fingerprint density at radius 3 is 1.45 bits per heavy atom. The predicted molar refractivity (Wildman–Crippen MR) is 105 cm³/mol. The Bertz CT molecular complexity index is 454. The van der Waals surface area contributed by atoms with Gasteiger partial charge in [0.25, 0.3) is 0 Å². The van der Waals surface area contributed by atoms with Crippen LogP contribution in [-0.2, 0) is 12.3 Å². The Balaban J connectivity index is 3.29. The Labute approximate surface area is 140 Å². The van der Waals surface area contributed by atoms with E-state index in [1.165, 1.54) is 0 Å². The standard InChI is InChI=1S/C15H26O3Si4/c1-7-19(4)16-22(17-20(5)8-2,18-21(6)9-3)15-13-11-10-12-14-15/h7-14,19-21H,1-3H2,4-6H3. The van der Waals surface area contributed by atoms with Gasteiger partial charge in [0.15, 0.2) is 27.1 Å². The molecule has 0 aliphatic heterocycles. The molecule has 0 fully saturated rings. The van der Waals surface area contributed by atoms with Crippen molar-refractivity contribution in [1.82, 2.24) is 0 Å². The first kappa shape index (κ1) is 19.2. The van der Waals surface area contributed by atoms with E-state index in [1.54, 1.807) is 0 Å². The fourth-order valence-corrected chi connectivity index (χ4v) is 13.2. The molecule has 0 saturated carbocycles. The normalized spacial score (nSPS) is 17.8. The lowest BCUT2D eigenvalue weighted by Crippen LogP contribution is -2.62. The average Bonchev–Trinajstić information content (AvgIpc) is 2.54. The monoisotopic (exact) mass is 366 g/mol. The first-order chi connectivity index (χ1) is 10.5. The fraction of sp³-hybridized carbons (Fsp3) is 0.200. The first-order valence-electron chi connectivity index (χ1n) is 7.44. The maximum absolute atomic E-state index is 6.41. The Morgan fingerprint density at radius 2 is 1.14 bits per heavy atom. The SMILES string of the molecule is C=C[SiH](C)O[Si](O[SiH](C)C=C)(O[SiH](C)C=C)c1ccccc1. The van der Waals surface area contributed by atoms with Gasteiger partial charge in [-0.05, 0) is 19.6 Å². The molecule has 0 heterocycles. The largest absolute Gasteiger partial charge is 0.505 e. The van der Waals surface area contributed by atoms with Crippen LogP contribution in [0.3, 0.4) is 0 Å². The fourth-order valence-electron chi connectivity index (χ4n) is 1.81. The van der Waals surface area contributed by atoms with E-state index in [2.05, 4.69) is 39.4 Å². The zero-order valence-corrected chi connectivity index (χ0v) is 18.2. The molecule has 0 spiro atoms. The third-order valence-electron chi connectivity index (χ3n) is 3.15. The molecule has 0 saturated heterocycles. The molecule has 120 valence electrons. The van der Waals surface area contributed by atoms with Gasteiger partial charge < -0.3 is 12.3 Å². The zero-order valence-electron chi connectivity index (χ0n) is 13.7. The van der Waals surface area contributed by atoms with E-state index < -0.39 is 35.9 Å². The minimum absolute atomic E-state index is 1.01. The summed E-state index contributed by atoms with van der Waals surface area (Å²) >= 11 is 0. The molecule has 0 N–H and O–H groups in total. The molecule has 1 rings (SSSR count). The molecule has 0 aromatic heterocycles. The smallest absolute Gasteiger partial charge is 0.412 e. The third kappa shape index (κ3) is 5.43. The van der Waals surface area contributed by atoms with Gasteiger partial charge in [0.2, 0.25) is 0 Å². The highest BCUT2D eigenvalue weighted by Crippen LogP contribution is 2.16. The van der Waals surface area contributed by atoms with E-state index in [-0.39, 0.29) is 0 Å². The van der Waals surface area contributed by atoms with Crippen molar-refractivity contribution in [2.24, 2.45) is 0 Å². The third-order valence-corrected chi connectivity index (χ3v) is 14.4. The summed E-state index contributed by atoms with van der Waals surface area (Å²) in [5.41, 5.74) is 5.70. The second-order valence-electron chi connectivity index (χ2n) is 5.10. The minimum Gasteiger partial charge on any atom is -0.412 e. The van der Waals surface area contributed by atoms with Gasteiger partial charge in [-0.3, -0.25) is 0 Å². The quantitative estimate of drug-likeness (QED) is 0.594. The lowest BCUT2D eigenvalue weighted by Gasteiger charge is -2.35. The highest BCUT2D eigenvalue weighted by atomic mass is 28.5. The molecular formula is C15H26O3Si4. The van der Waals surface area contributed by atoms with E-state index in [0.717, 1.165) is 5.19 Å². The van der Waals surface area contributed by atoms with Crippen molar-refractivity contribution < 1.29 is 12.3 Å². The van der Waals surface area contributed by atoms with Crippen molar-refractivity contribution in [1.29, 1.82) is 0 Å². The number of hydrogen-bond donors (Lipinski definition) is 0. The maximum Gasteiger partial charge on any atom is 0.505 e. The molecule has 3 atom stereocenters. The average molecular weight is 367 g/mol. The van der Waals surface area contributed by atoms with Crippen LogP contribution < -0.4 is 5.19 Å². The van der Waals surface area contributed by atoms with Crippen molar-refractivity contribution in [2.45, 2.75) is 19.6 Å². The van der Waals surface area contributed by atoms with Gasteiger partial charge in [0.05, 0.1) is 0 Å². The summed E-state index contributed by atoms with van der Waals surface area (Å²) in [7, 11) is -7.65. The van der Waals surface area contributed by atoms with E-state index in [0.29, 0.717) is 0 Å². The van der Waals surface area contributed by atoms with Crippen molar-refractivity contribution in [2.75, 3.05) is 0 Å². The second-order valence-corrected chi connectivity index (χ2v) is 15.3. The van der Waals surface area contributed by atoms with Crippen LogP contribution in [0.4, 0.5) is 0 Å². The first-order valence-corrected chi connectivity index (χ1v) is 16.0. The second kappa shape index (κ2) is 9.35. The molecule has 22 heavy (non-hydrogen) atoms. The number of benzene rings is 1. The van der Waals surface area contributed by atoms with Gasteiger partial charge >= 0.3 is 8.80 Å². The van der Waals surface area contributed by atoms with Gasteiger partial charge in [-0.2, -0.15) is 0 Å². The molecule has 3 nitrogen and oxygen atoms in total. The van der Waals surface area contributed by atoms with E-state index in [9.17, 15) is 0 Å². The van der Waals surface area contributed by atoms with Crippen molar-refractivity contribution in [3.05, 3.63) is 67.2 Å². The summed E-state index contributed by atoms with van der Waals surface area (Å²) in [6, 6.07) is 10.0. The number of hydrogen-bond acceptors (Lipinski definition) is 3. The molecular weight excluding hydrogens is 341 g/mol. The summed E-state index contributed by atoms with van der Waals surface area (Å²) < 4.78 is 19.2. The van der Waals surface area contributed by atoms with Crippen molar-refractivity contribution in [3.8, 4) is 0 Å². The number of rotatable bonds is 10. The van der Waals surface area contributed by atoms with Crippen LogP contribution in [0.1, 0.15) is 0 Å². The van der Waals surface area contributed by atoms with Gasteiger partial charge in [-0.25, -0.2) is 0 Å². The molecule has 0 radical (unpaired) electrons. The van der Waals surface area contributed by atoms with Crippen LogP contribution >= 0.6 is 0 Å². The lowest BCUT2D eigenvalue weighted by atomic mass is 10.4. The summed E-state index contributed by atoms with van der Waals surface area (Å²) in [4.78, 5) is 0.